The van der Waals surface area contributed by atoms with E-state index < -0.39 is 11.9 Å². The van der Waals surface area contributed by atoms with Crippen LogP contribution in [0.15, 0.2) is 24.3 Å². The Balaban J connectivity index is 1.44. The second-order valence-corrected chi connectivity index (χ2v) is 6.43. The van der Waals surface area contributed by atoms with Crippen molar-refractivity contribution in [3.63, 3.8) is 0 Å². The number of carbonyl (C=O) groups excluding carboxylic acids is 1. The van der Waals surface area contributed by atoms with Crippen molar-refractivity contribution < 1.29 is 24.2 Å². The van der Waals surface area contributed by atoms with E-state index in [9.17, 15) is 9.59 Å². The molecule has 1 aliphatic carbocycles. The third-order valence-electron chi connectivity index (χ3n) is 4.85. The first-order chi connectivity index (χ1) is 11.6. The van der Waals surface area contributed by atoms with Crippen LogP contribution in [0.25, 0.3) is 0 Å². The van der Waals surface area contributed by atoms with Crippen molar-refractivity contribution >= 4 is 11.9 Å². The van der Waals surface area contributed by atoms with Gasteiger partial charge < -0.3 is 19.5 Å². The maximum absolute atomic E-state index is 12.3. The quantitative estimate of drug-likeness (QED) is 0.861. The Morgan fingerprint density at radius 3 is 2.54 bits per heavy atom. The molecule has 1 amide bonds. The van der Waals surface area contributed by atoms with Gasteiger partial charge >= 0.3 is 5.97 Å². The normalized spacial score (nSPS) is 23.8. The second-order valence-electron chi connectivity index (χ2n) is 6.43. The Morgan fingerprint density at radius 2 is 1.92 bits per heavy atom. The van der Waals surface area contributed by atoms with E-state index in [1.54, 1.807) is 12.0 Å². The van der Waals surface area contributed by atoms with E-state index in [-0.39, 0.29) is 17.9 Å². The maximum atomic E-state index is 12.3. The van der Waals surface area contributed by atoms with E-state index >= 15 is 0 Å². The Hall–Kier alpha value is -2.08. The molecule has 2 fully saturated rings. The number of benzene rings is 1. The Kier molecular flexibility index (Phi) is 5.04. The molecule has 0 aromatic heterocycles. The van der Waals surface area contributed by atoms with Crippen LogP contribution in [-0.2, 0) is 20.9 Å². The predicted octanol–water partition coefficient (Wildman–Crippen LogP) is 1.92. The molecule has 2 atom stereocenters. The summed E-state index contributed by atoms with van der Waals surface area (Å²) >= 11 is 0. The van der Waals surface area contributed by atoms with Crippen molar-refractivity contribution in [3.8, 4) is 5.75 Å². The van der Waals surface area contributed by atoms with Crippen LogP contribution in [0.1, 0.15) is 24.8 Å². The highest BCUT2D eigenvalue weighted by Gasteiger charge is 2.50. The van der Waals surface area contributed by atoms with E-state index in [0.29, 0.717) is 26.1 Å². The van der Waals surface area contributed by atoms with Crippen LogP contribution < -0.4 is 4.74 Å². The molecule has 1 heterocycles. The van der Waals surface area contributed by atoms with E-state index in [4.69, 9.17) is 14.6 Å². The standard InChI is InChI=1S/C18H23NO5/c1-23-16-5-3-2-4-12(16)11-24-13-6-8-19(9-7-13)17(20)14-10-15(14)18(21)22/h2-5,13-15H,6-11H2,1H3,(H,21,22). The van der Waals surface area contributed by atoms with Gasteiger partial charge in [0.05, 0.1) is 31.7 Å². The highest BCUT2D eigenvalue weighted by molar-refractivity contribution is 5.89. The highest BCUT2D eigenvalue weighted by atomic mass is 16.5. The van der Waals surface area contributed by atoms with Crippen molar-refractivity contribution in [2.24, 2.45) is 11.8 Å². The van der Waals surface area contributed by atoms with Gasteiger partial charge in [-0.25, -0.2) is 0 Å². The number of amides is 1. The number of nitrogens with zero attached hydrogens (tertiary/aromatic N) is 1. The largest absolute Gasteiger partial charge is 0.496 e. The molecular formula is C18H23NO5. The molecule has 1 N–H and O–H groups in total. The number of methoxy groups -OCH3 is 1. The number of para-hydroxylation sites is 1. The van der Waals surface area contributed by atoms with Crippen molar-refractivity contribution in [3.05, 3.63) is 29.8 Å². The molecule has 1 aliphatic heterocycles. The summed E-state index contributed by atoms with van der Waals surface area (Å²) in [6.07, 6.45) is 2.17. The highest BCUT2D eigenvalue weighted by Crippen LogP contribution is 2.40. The van der Waals surface area contributed by atoms with Gasteiger partial charge in [-0.2, -0.15) is 0 Å². The molecule has 1 saturated carbocycles. The van der Waals surface area contributed by atoms with Gasteiger partial charge in [0, 0.05) is 18.7 Å². The zero-order valence-electron chi connectivity index (χ0n) is 13.8. The molecule has 1 saturated heterocycles. The minimum atomic E-state index is -0.858. The molecule has 0 bridgehead atoms. The second kappa shape index (κ2) is 7.21. The molecule has 2 unspecified atom stereocenters. The lowest BCUT2D eigenvalue weighted by molar-refractivity contribution is -0.142. The number of piperidine rings is 1. The fraction of sp³-hybridized carbons (Fsp3) is 0.556. The van der Waals surface area contributed by atoms with Gasteiger partial charge in [-0.3, -0.25) is 9.59 Å². The number of rotatable bonds is 6. The lowest BCUT2D eigenvalue weighted by Gasteiger charge is -2.32. The molecule has 1 aromatic carbocycles. The van der Waals surface area contributed by atoms with Crippen LogP contribution in [0.3, 0.4) is 0 Å². The number of aliphatic carboxylic acids is 1. The van der Waals surface area contributed by atoms with Crippen LogP contribution in [0.2, 0.25) is 0 Å². The molecule has 6 heteroatoms. The van der Waals surface area contributed by atoms with Crippen LogP contribution >= 0.6 is 0 Å². The van der Waals surface area contributed by atoms with E-state index in [1.165, 1.54) is 0 Å². The number of hydrogen-bond donors (Lipinski definition) is 1. The van der Waals surface area contributed by atoms with E-state index in [2.05, 4.69) is 0 Å². The first-order valence-corrected chi connectivity index (χ1v) is 8.35. The van der Waals surface area contributed by atoms with Crippen LogP contribution in [0, 0.1) is 11.8 Å². The number of hydrogen-bond acceptors (Lipinski definition) is 4. The Labute approximate surface area is 141 Å². The molecule has 1 aromatic rings. The van der Waals surface area contributed by atoms with Gasteiger partial charge in [0.25, 0.3) is 0 Å². The number of carbonyl (C=O) groups is 2. The molecule has 2 aliphatic rings. The van der Waals surface area contributed by atoms with Gasteiger partial charge in [-0.15, -0.1) is 0 Å². The maximum Gasteiger partial charge on any atom is 0.307 e. The molecular weight excluding hydrogens is 310 g/mol. The lowest BCUT2D eigenvalue weighted by Crippen LogP contribution is -2.42. The summed E-state index contributed by atoms with van der Waals surface area (Å²) in [4.78, 5) is 24.9. The van der Waals surface area contributed by atoms with E-state index in [0.717, 1.165) is 24.2 Å². The summed E-state index contributed by atoms with van der Waals surface area (Å²) in [5, 5.41) is 8.93. The Bertz CT molecular complexity index is 609. The smallest absolute Gasteiger partial charge is 0.307 e. The molecule has 6 nitrogen and oxygen atoms in total. The minimum Gasteiger partial charge on any atom is -0.496 e. The van der Waals surface area contributed by atoms with Crippen LogP contribution in [0.5, 0.6) is 5.75 Å². The molecule has 3 rings (SSSR count). The van der Waals surface area contributed by atoms with Gasteiger partial charge in [-0.1, -0.05) is 18.2 Å². The first-order valence-electron chi connectivity index (χ1n) is 8.35. The van der Waals surface area contributed by atoms with Crippen LogP contribution in [0.4, 0.5) is 0 Å². The average molecular weight is 333 g/mol. The summed E-state index contributed by atoms with van der Waals surface area (Å²) < 4.78 is 11.3. The zero-order chi connectivity index (χ0) is 17.1. The molecule has 0 radical (unpaired) electrons. The number of carboxylic acids is 1. The van der Waals surface area contributed by atoms with E-state index in [1.807, 2.05) is 24.3 Å². The third-order valence-corrected chi connectivity index (χ3v) is 4.85. The van der Waals surface area contributed by atoms with Crippen molar-refractivity contribution in [1.82, 2.24) is 4.90 Å². The average Bonchev–Trinajstić information content (AvgIpc) is 3.41. The van der Waals surface area contributed by atoms with Gasteiger partial charge in [0.15, 0.2) is 0 Å². The van der Waals surface area contributed by atoms with Crippen molar-refractivity contribution in [2.45, 2.75) is 32.0 Å². The number of ether oxygens (including phenoxy) is 2. The summed E-state index contributed by atoms with van der Waals surface area (Å²) in [5.74, 6) is -0.835. The van der Waals surface area contributed by atoms with Crippen molar-refractivity contribution in [2.75, 3.05) is 20.2 Å². The number of likely N-dealkylation sites (tertiary alicyclic amines) is 1. The number of carboxylic acid groups (broad SMARTS) is 1. The zero-order valence-corrected chi connectivity index (χ0v) is 13.8. The van der Waals surface area contributed by atoms with Gasteiger partial charge in [-0.05, 0) is 25.3 Å². The van der Waals surface area contributed by atoms with Gasteiger partial charge in [0.1, 0.15) is 5.75 Å². The molecule has 0 spiro atoms. The first kappa shape index (κ1) is 16.8. The lowest BCUT2D eigenvalue weighted by atomic mass is 10.1. The summed E-state index contributed by atoms with van der Waals surface area (Å²) in [7, 11) is 1.64. The summed E-state index contributed by atoms with van der Waals surface area (Å²) in [5.41, 5.74) is 1.01. The minimum absolute atomic E-state index is 0.00872. The van der Waals surface area contributed by atoms with Gasteiger partial charge in [0.2, 0.25) is 5.91 Å². The monoisotopic (exact) mass is 333 g/mol. The fourth-order valence-corrected chi connectivity index (χ4v) is 3.25. The molecule has 130 valence electrons. The fourth-order valence-electron chi connectivity index (χ4n) is 3.25. The summed E-state index contributed by atoms with van der Waals surface area (Å²) in [6, 6.07) is 7.77. The van der Waals surface area contributed by atoms with Crippen molar-refractivity contribution in [1.29, 1.82) is 0 Å². The predicted molar refractivity (Wildman–Crippen MR) is 86.6 cm³/mol. The van der Waals surface area contributed by atoms with Crippen LogP contribution in [-0.4, -0.2) is 48.2 Å². The Morgan fingerprint density at radius 1 is 1.21 bits per heavy atom. The SMILES string of the molecule is COc1ccccc1COC1CCN(C(=O)C2CC2C(=O)O)CC1. The third kappa shape index (κ3) is 3.70. The summed E-state index contributed by atoms with van der Waals surface area (Å²) in [6.45, 7) is 1.77. The topological polar surface area (TPSA) is 76.1 Å². The molecule has 24 heavy (non-hydrogen) atoms.